The lowest BCUT2D eigenvalue weighted by Crippen LogP contribution is -2.17. The van der Waals surface area contributed by atoms with Gasteiger partial charge in [0.15, 0.2) is 10.9 Å². The summed E-state index contributed by atoms with van der Waals surface area (Å²) in [6.07, 6.45) is 4.88. The van der Waals surface area contributed by atoms with Crippen LogP contribution in [0.4, 0.5) is 0 Å². The minimum Gasteiger partial charge on any atom is -0.504 e. The summed E-state index contributed by atoms with van der Waals surface area (Å²) in [7, 11) is 0. The third-order valence-electron chi connectivity index (χ3n) is 2.14. The average molecular weight is 173 g/mol. The number of aromatic hydroxyl groups is 1. The molecule has 1 aromatic rings. The normalized spacial score (nSPS) is 18.3. The van der Waals surface area contributed by atoms with Gasteiger partial charge in [-0.15, -0.1) is 0 Å². The van der Waals surface area contributed by atoms with Crippen LogP contribution >= 0.6 is 11.6 Å². The Balaban J connectivity index is 2.29. The maximum Gasteiger partial charge on any atom is 0.173 e. The molecule has 4 heteroatoms. The van der Waals surface area contributed by atoms with Crippen molar-refractivity contribution in [3.63, 3.8) is 0 Å². The first-order valence-corrected chi connectivity index (χ1v) is 4.09. The van der Waals surface area contributed by atoms with E-state index in [-0.39, 0.29) is 5.75 Å². The van der Waals surface area contributed by atoms with Crippen LogP contribution in [-0.2, 0) is 0 Å². The Morgan fingerprint density at radius 3 is 2.73 bits per heavy atom. The van der Waals surface area contributed by atoms with Crippen molar-refractivity contribution in [1.29, 1.82) is 0 Å². The molecule has 3 nitrogen and oxygen atoms in total. The number of nitrogens with zero attached hydrogens (tertiary/aromatic N) is 2. The number of halogens is 1. The third kappa shape index (κ3) is 0.997. The van der Waals surface area contributed by atoms with Crippen LogP contribution in [0.15, 0.2) is 6.20 Å². The molecular weight excluding hydrogens is 164 g/mol. The SMILES string of the molecule is Oc1cnn(C2CCC2)c1Cl. The van der Waals surface area contributed by atoms with Gasteiger partial charge >= 0.3 is 0 Å². The molecule has 1 aliphatic carbocycles. The molecule has 1 fully saturated rings. The molecule has 0 radical (unpaired) electrons. The van der Waals surface area contributed by atoms with Gasteiger partial charge in [-0.1, -0.05) is 11.6 Å². The molecule has 0 amide bonds. The summed E-state index contributed by atoms with van der Waals surface area (Å²) in [6, 6.07) is 0.420. The van der Waals surface area contributed by atoms with Gasteiger partial charge in [-0.25, -0.2) is 4.68 Å². The van der Waals surface area contributed by atoms with Gasteiger partial charge in [-0.3, -0.25) is 0 Å². The van der Waals surface area contributed by atoms with Crippen LogP contribution in [0.25, 0.3) is 0 Å². The quantitative estimate of drug-likeness (QED) is 0.704. The van der Waals surface area contributed by atoms with E-state index in [1.54, 1.807) is 4.68 Å². The molecule has 60 valence electrons. The van der Waals surface area contributed by atoms with Crippen molar-refractivity contribution >= 4 is 11.6 Å². The summed E-state index contributed by atoms with van der Waals surface area (Å²) in [5.74, 6) is 0.0820. The lowest BCUT2D eigenvalue weighted by atomic mass is 9.93. The molecule has 0 unspecified atom stereocenters. The topological polar surface area (TPSA) is 38.1 Å². The number of hydrogen-bond donors (Lipinski definition) is 1. The molecule has 0 bridgehead atoms. The highest BCUT2D eigenvalue weighted by molar-refractivity contribution is 6.30. The largest absolute Gasteiger partial charge is 0.504 e. The smallest absolute Gasteiger partial charge is 0.173 e. The summed E-state index contributed by atoms with van der Waals surface area (Å²) in [4.78, 5) is 0. The average Bonchev–Trinajstić information content (AvgIpc) is 2.15. The van der Waals surface area contributed by atoms with Crippen molar-refractivity contribution in [3.8, 4) is 5.75 Å². The standard InChI is InChI=1S/C7H9ClN2O/c8-7-6(11)4-9-10(7)5-2-1-3-5/h4-5,11H,1-3H2. The summed E-state index contributed by atoms with van der Waals surface area (Å²) in [5, 5.41) is 13.4. The first-order valence-electron chi connectivity index (χ1n) is 3.71. The van der Waals surface area contributed by atoms with E-state index >= 15 is 0 Å². The molecule has 1 heterocycles. The predicted molar refractivity (Wildman–Crippen MR) is 41.8 cm³/mol. The Bertz CT molecular complexity index is 267. The number of hydrogen-bond acceptors (Lipinski definition) is 2. The van der Waals surface area contributed by atoms with E-state index in [4.69, 9.17) is 16.7 Å². The minimum absolute atomic E-state index is 0.0820. The predicted octanol–water partition coefficient (Wildman–Crippen LogP) is 1.97. The lowest BCUT2D eigenvalue weighted by molar-refractivity contribution is 0.289. The zero-order valence-electron chi connectivity index (χ0n) is 6.00. The zero-order valence-corrected chi connectivity index (χ0v) is 6.75. The Labute approximate surface area is 69.6 Å². The monoisotopic (exact) mass is 172 g/mol. The fraction of sp³-hybridized carbons (Fsp3) is 0.571. The van der Waals surface area contributed by atoms with Crippen LogP contribution in [0.5, 0.6) is 5.75 Å². The molecule has 1 aliphatic rings. The second-order valence-corrected chi connectivity index (χ2v) is 3.21. The van der Waals surface area contributed by atoms with Crippen LogP contribution < -0.4 is 0 Å². The molecule has 0 saturated heterocycles. The van der Waals surface area contributed by atoms with Gasteiger partial charge in [0.2, 0.25) is 0 Å². The molecule has 1 aromatic heterocycles. The van der Waals surface area contributed by atoms with Crippen LogP contribution in [0.2, 0.25) is 5.15 Å². The van der Waals surface area contributed by atoms with Gasteiger partial charge in [0, 0.05) is 0 Å². The summed E-state index contributed by atoms with van der Waals surface area (Å²) in [5.41, 5.74) is 0. The van der Waals surface area contributed by atoms with Crippen LogP contribution in [0.1, 0.15) is 25.3 Å². The molecule has 1 N–H and O–H groups in total. The minimum atomic E-state index is 0.0820. The van der Waals surface area contributed by atoms with E-state index in [0.717, 1.165) is 12.8 Å². The number of rotatable bonds is 1. The van der Waals surface area contributed by atoms with Crippen molar-refractivity contribution in [1.82, 2.24) is 9.78 Å². The maximum atomic E-state index is 9.09. The molecule has 0 atom stereocenters. The van der Waals surface area contributed by atoms with Gasteiger partial charge in [0.1, 0.15) is 0 Å². The summed E-state index contributed by atoms with van der Waals surface area (Å²) in [6.45, 7) is 0. The molecule has 0 aliphatic heterocycles. The zero-order chi connectivity index (χ0) is 7.84. The van der Waals surface area contributed by atoms with E-state index in [1.165, 1.54) is 12.6 Å². The van der Waals surface area contributed by atoms with Crippen molar-refractivity contribution < 1.29 is 5.11 Å². The Hall–Kier alpha value is -0.700. The first-order chi connectivity index (χ1) is 5.29. The fourth-order valence-corrected chi connectivity index (χ4v) is 1.45. The summed E-state index contributed by atoms with van der Waals surface area (Å²) >= 11 is 5.77. The Morgan fingerprint density at radius 1 is 1.64 bits per heavy atom. The van der Waals surface area contributed by atoms with E-state index in [0.29, 0.717) is 11.2 Å². The van der Waals surface area contributed by atoms with Crippen LogP contribution in [0, 0.1) is 0 Å². The molecule has 1 saturated carbocycles. The van der Waals surface area contributed by atoms with Crippen molar-refractivity contribution in [2.75, 3.05) is 0 Å². The number of aromatic nitrogens is 2. The highest BCUT2D eigenvalue weighted by atomic mass is 35.5. The highest BCUT2D eigenvalue weighted by Crippen LogP contribution is 2.35. The van der Waals surface area contributed by atoms with Crippen molar-refractivity contribution in [2.45, 2.75) is 25.3 Å². The molecule has 0 spiro atoms. The van der Waals surface area contributed by atoms with Gasteiger partial charge in [-0.2, -0.15) is 5.10 Å². The maximum absolute atomic E-state index is 9.09. The highest BCUT2D eigenvalue weighted by Gasteiger charge is 2.23. The van der Waals surface area contributed by atoms with Gasteiger partial charge in [0.25, 0.3) is 0 Å². The van der Waals surface area contributed by atoms with Crippen LogP contribution in [-0.4, -0.2) is 14.9 Å². The van der Waals surface area contributed by atoms with Gasteiger partial charge in [-0.05, 0) is 19.3 Å². The molecular formula is C7H9ClN2O. The second kappa shape index (κ2) is 2.41. The van der Waals surface area contributed by atoms with E-state index in [9.17, 15) is 0 Å². The van der Waals surface area contributed by atoms with Crippen LogP contribution in [0.3, 0.4) is 0 Å². The van der Waals surface area contributed by atoms with Crippen molar-refractivity contribution in [2.24, 2.45) is 0 Å². The van der Waals surface area contributed by atoms with E-state index in [1.807, 2.05) is 0 Å². The molecule has 0 aromatic carbocycles. The fourth-order valence-electron chi connectivity index (χ4n) is 1.22. The molecule has 2 rings (SSSR count). The lowest BCUT2D eigenvalue weighted by Gasteiger charge is -2.25. The third-order valence-corrected chi connectivity index (χ3v) is 2.50. The second-order valence-electron chi connectivity index (χ2n) is 2.85. The van der Waals surface area contributed by atoms with E-state index in [2.05, 4.69) is 5.10 Å². The summed E-state index contributed by atoms with van der Waals surface area (Å²) < 4.78 is 1.69. The van der Waals surface area contributed by atoms with Crippen molar-refractivity contribution in [3.05, 3.63) is 11.3 Å². The molecule has 11 heavy (non-hydrogen) atoms. The Morgan fingerprint density at radius 2 is 2.36 bits per heavy atom. The first kappa shape index (κ1) is 6.98. The van der Waals surface area contributed by atoms with Gasteiger partial charge < -0.3 is 5.11 Å². The van der Waals surface area contributed by atoms with Gasteiger partial charge in [0.05, 0.1) is 12.2 Å². The Kier molecular flexibility index (Phi) is 1.53. The van der Waals surface area contributed by atoms with E-state index < -0.39 is 0 Å².